The molecular weight excluding hydrogens is 288 g/mol. The lowest BCUT2D eigenvalue weighted by Crippen LogP contribution is -2.11. The number of hydrogen-bond donors (Lipinski definition) is 2. The van der Waals surface area contributed by atoms with Crippen LogP contribution < -0.4 is 10.5 Å². The van der Waals surface area contributed by atoms with Gasteiger partial charge in [0.2, 0.25) is 0 Å². The molecule has 0 saturated carbocycles. The van der Waals surface area contributed by atoms with E-state index in [4.69, 9.17) is 32.2 Å². The smallest absolute Gasteiger partial charge is 0.122 e. The highest BCUT2D eigenvalue weighted by atomic mass is 35.5. The standard InChI is InChI=1S/C16H17ClN2O2/c17-14-5-1-12(2-6-14)11-20-9-10-21-15-7-3-13(4-8-15)16(18)19/h1-8H,9-11H2,(H3,18,19). The van der Waals surface area contributed by atoms with Gasteiger partial charge >= 0.3 is 0 Å². The fraction of sp³-hybridized carbons (Fsp3) is 0.188. The summed E-state index contributed by atoms with van der Waals surface area (Å²) in [4.78, 5) is 0. The van der Waals surface area contributed by atoms with Gasteiger partial charge in [0.05, 0.1) is 13.2 Å². The molecule has 0 fully saturated rings. The molecule has 0 aliphatic rings. The predicted octanol–water partition coefficient (Wildman–Crippen LogP) is 3.22. The highest BCUT2D eigenvalue weighted by molar-refractivity contribution is 6.30. The minimum Gasteiger partial charge on any atom is -0.491 e. The van der Waals surface area contributed by atoms with Gasteiger partial charge in [-0.1, -0.05) is 23.7 Å². The normalized spacial score (nSPS) is 10.3. The number of halogens is 1. The van der Waals surface area contributed by atoms with Crippen molar-refractivity contribution < 1.29 is 9.47 Å². The minimum absolute atomic E-state index is 0.0489. The van der Waals surface area contributed by atoms with Gasteiger partial charge in [0.15, 0.2) is 0 Å². The van der Waals surface area contributed by atoms with Crippen molar-refractivity contribution in [3.05, 3.63) is 64.7 Å². The summed E-state index contributed by atoms with van der Waals surface area (Å²) in [6.07, 6.45) is 0. The van der Waals surface area contributed by atoms with E-state index in [1.807, 2.05) is 24.3 Å². The molecule has 0 aliphatic heterocycles. The molecule has 0 aromatic heterocycles. The molecule has 0 saturated heterocycles. The molecule has 0 aliphatic carbocycles. The van der Waals surface area contributed by atoms with Gasteiger partial charge in [0, 0.05) is 10.6 Å². The predicted molar refractivity (Wildman–Crippen MR) is 84.1 cm³/mol. The second-order valence-electron chi connectivity index (χ2n) is 4.47. The van der Waals surface area contributed by atoms with Crippen LogP contribution in [-0.2, 0) is 11.3 Å². The first-order chi connectivity index (χ1) is 10.1. The molecule has 3 N–H and O–H groups in total. The highest BCUT2D eigenvalue weighted by Crippen LogP contribution is 2.12. The molecular formula is C16H17ClN2O2. The van der Waals surface area contributed by atoms with E-state index < -0.39 is 0 Å². The number of benzene rings is 2. The first-order valence-electron chi connectivity index (χ1n) is 6.54. The first kappa shape index (κ1) is 15.4. The van der Waals surface area contributed by atoms with Crippen molar-refractivity contribution in [2.24, 2.45) is 5.73 Å². The van der Waals surface area contributed by atoms with E-state index in [1.165, 1.54) is 0 Å². The molecule has 21 heavy (non-hydrogen) atoms. The maximum atomic E-state index is 7.30. The Labute approximate surface area is 129 Å². The van der Waals surface area contributed by atoms with Crippen molar-refractivity contribution in [1.82, 2.24) is 0 Å². The fourth-order valence-electron chi connectivity index (χ4n) is 1.72. The zero-order valence-electron chi connectivity index (χ0n) is 11.5. The third-order valence-corrected chi connectivity index (χ3v) is 3.10. The van der Waals surface area contributed by atoms with Gasteiger partial charge in [-0.2, -0.15) is 0 Å². The number of nitrogens with one attached hydrogen (secondary N) is 1. The summed E-state index contributed by atoms with van der Waals surface area (Å²) in [5.74, 6) is 0.781. The maximum Gasteiger partial charge on any atom is 0.122 e. The lowest BCUT2D eigenvalue weighted by atomic mass is 10.2. The fourth-order valence-corrected chi connectivity index (χ4v) is 1.85. The molecule has 2 aromatic rings. The van der Waals surface area contributed by atoms with Gasteiger partial charge in [-0.15, -0.1) is 0 Å². The molecule has 0 spiro atoms. The Hall–Kier alpha value is -2.04. The second kappa shape index (κ2) is 7.67. The number of nitrogens with two attached hydrogens (primary N) is 1. The Morgan fingerprint density at radius 2 is 1.67 bits per heavy atom. The van der Waals surface area contributed by atoms with Crippen molar-refractivity contribution in [1.29, 1.82) is 5.41 Å². The Morgan fingerprint density at radius 3 is 2.29 bits per heavy atom. The largest absolute Gasteiger partial charge is 0.491 e. The molecule has 0 atom stereocenters. The Bertz CT molecular complexity index is 582. The van der Waals surface area contributed by atoms with Gasteiger partial charge in [0.1, 0.15) is 18.2 Å². The van der Waals surface area contributed by atoms with E-state index in [0.717, 1.165) is 16.3 Å². The van der Waals surface area contributed by atoms with Gasteiger partial charge < -0.3 is 15.2 Å². The van der Waals surface area contributed by atoms with Crippen molar-refractivity contribution in [2.75, 3.05) is 13.2 Å². The first-order valence-corrected chi connectivity index (χ1v) is 6.92. The number of amidine groups is 1. The number of nitrogen functional groups attached to an aromatic ring is 1. The molecule has 0 unspecified atom stereocenters. The zero-order chi connectivity index (χ0) is 15.1. The summed E-state index contributed by atoms with van der Waals surface area (Å²) in [6.45, 7) is 1.49. The van der Waals surface area contributed by atoms with Gasteiger partial charge in [-0.25, -0.2) is 0 Å². The van der Waals surface area contributed by atoms with E-state index in [9.17, 15) is 0 Å². The van der Waals surface area contributed by atoms with Gasteiger partial charge in [-0.3, -0.25) is 5.41 Å². The van der Waals surface area contributed by atoms with E-state index in [1.54, 1.807) is 24.3 Å². The Balaban J connectivity index is 1.67. The lowest BCUT2D eigenvalue weighted by Gasteiger charge is -2.08. The van der Waals surface area contributed by atoms with E-state index >= 15 is 0 Å². The summed E-state index contributed by atoms with van der Waals surface area (Å²) < 4.78 is 11.1. The van der Waals surface area contributed by atoms with E-state index in [-0.39, 0.29) is 5.84 Å². The van der Waals surface area contributed by atoms with Crippen LogP contribution in [0.2, 0.25) is 5.02 Å². The molecule has 2 aromatic carbocycles. The SMILES string of the molecule is N=C(N)c1ccc(OCCOCc2ccc(Cl)cc2)cc1. The van der Waals surface area contributed by atoms with Crippen LogP contribution in [0.4, 0.5) is 0 Å². The molecule has 110 valence electrons. The van der Waals surface area contributed by atoms with Crippen LogP contribution in [0, 0.1) is 5.41 Å². The molecule has 4 nitrogen and oxygen atoms in total. The third kappa shape index (κ3) is 5.10. The minimum atomic E-state index is 0.0489. The van der Waals surface area contributed by atoms with Crippen molar-refractivity contribution >= 4 is 17.4 Å². The monoisotopic (exact) mass is 304 g/mol. The zero-order valence-corrected chi connectivity index (χ0v) is 12.3. The Kier molecular flexibility index (Phi) is 5.60. The summed E-state index contributed by atoms with van der Waals surface area (Å²) in [7, 11) is 0. The second-order valence-corrected chi connectivity index (χ2v) is 4.90. The molecule has 0 heterocycles. The molecule has 2 rings (SSSR count). The number of rotatable bonds is 7. The molecule has 0 bridgehead atoms. The van der Waals surface area contributed by atoms with Crippen molar-refractivity contribution in [3.63, 3.8) is 0 Å². The van der Waals surface area contributed by atoms with E-state index in [2.05, 4.69) is 0 Å². The molecule has 0 radical (unpaired) electrons. The van der Waals surface area contributed by atoms with Crippen molar-refractivity contribution in [3.8, 4) is 5.75 Å². The molecule has 0 amide bonds. The Morgan fingerprint density at radius 1 is 1.00 bits per heavy atom. The number of ether oxygens (including phenoxy) is 2. The quantitative estimate of drug-likeness (QED) is 0.469. The lowest BCUT2D eigenvalue weighted by molar-refractivity contribution is 0.0889. The van der Waals surface area contributed by atoms with Crippen LogP contribution in [-0.4, -0.2) is 19.0 Å². The average Bonchev–Trinajstić information content (AvgIpc) is 2.49. The van der Waals surface area contributed by atoms with Gasteiger partial charge in [-0.05, 0) is 42.0 Å². The molecule has 5 heteroatoms. The third-order valence-electron chi connectivity index (χ3n) is 2.84. The van der Waals surface area contributed by atoms with Crippen LogP contribution in [0.15, 0.2) is 48.5 Å². The average molecular weight is 305 g/mol. The summed E-state index contributed by atoms with van der Waals surface area (Å²) >= 11 is 5.81. The van der Waals surface area contributed by atoms with E-state index in [0.29, 0.717) is 25.4 Å². The maximum absolute atomic E-state index is 7.30. The van der Waals surface area contributed by atoms with Crippen LogP contribution in [0.3, 0.4) is 0 Å². The number of hydrogen-bond acceptors (Lipinski definition) is 3. The van der Waals surface area contributed by atoms with Crippen LogP contribution in [0.1, 0.15) is 11.1 Å². The highest BCUT2D eigenvalue weighted by Gasteiger charge is 1.98. The van der Waals surface area contributed by atoms with Crippen molar-refractivity contribution in [2.45, 2.75) is 6.61 Å². The summed E-state index contributed by atoms with van der Waals surface area (Å²) in [6, 6.07) is 14.6. The van der Waals surface area contributed by atoms with Crippen LogP contribution >= 0.6 is 11.6 Å². The van der Waals surface area contributed by atoms with Gasteiger partial charge in [0.25, 0.3) is 0 Å². The van der Waals surface area contributed by atoms with Crippen LogP contribution in [0.5, 0.6) is 5.75 Å². The van der Waals surface area contributed by atoms with Crippen LogP contribution in [0.25, 0.3) is 0 Å². The summed E-state index contributed by atoms with van der Waals surface area (Å²) in [5, 5.41) is 8.02. The topological polar surface area (TPSA) is 68.3 Å². The summed E-state index contributed by atoms with van der Waals surface area (Å²) in [5.41, 5.74) is 7.14.